The minimum absolute atomic E-state index is 0.0136. The number of hydrogen-bond donors (Lipinski definition) is 1. The molecule has 1 aliphatic heterocycles. The van der Waals surface area contributed by atoms with Gasteiger partial charge in [0.15, 0.2) is 5.82 Å². The van der Waals surface area contributed by atoms with Crippen molar-refractivity contribution < 1.29 is 14.1 Å². The largest absolute Gasteiger partial charge is 0.360 e. The van der Waals surface area contributed by atoms with Crippen LogP contribution in [0.5, 0.6) is 0 Å². The van der Waals surface area contributed by atoms with E-state index in [4.69, 9.17) is 27.7 Å². The molecule has 2 amide bonds. The van der Waals surface area contributed by atoms with Crippen molar-refractivity contribution in [2.45, 2.75) is 26.3 Å². The van der Waals surface area contributed by atoms with Crippen LogP contribution in [0, 0.1) is 6.92 Å². The third-order valence-corrected chi connectivity index (χ3v) is 6.61. The van der Waals surface area contributed by atoms with Gasteiger partial charge in [-0.3, -0.25) is 9.59 Å². The van der Waals surface area contributed by atoms with Gasteiger partial charge < -0.3 is 19.6 Å². The lowest BCUT2D eigenvalue weighted by Gasteiger charge is -2.26. The van der Waals surface area contributed by atoms with Crippen molar-refractivity contribution in [3.63, 3.8) is 0 Å². The number of nitrogens with one attached hydrogen (secondary N) is 1. The van der Waals surface area contributed by atoms with E-state index in [0.717, 1.165) is 25.2 Å². The number of hydrogen-bond acceptors (Lipinski definition) is 6. The van der Waals surface area contributed by atoms with Gasteiger partial charge in [-0.1, -0.05) is 34.4 Å². The monoisotopic (exact) mass is 484 g/mol. The number of halogens is 2. The van der Waals surface area contributed by atoms with Gasteiger partial charge in [0.25, 0.3) is 0 Å². The van der Waals surface area contributed by atoms with Crippen LogP contribution in [0.4, 0.5) is 5.82 Å². The molecule has 31 heavy (non-hydrogen) atoms. The molecule has 0 radical (unpaired) electrons. The lowest BCUT2D eigenvalue weighted by atomic mass is 10.2. The Labute approximate surface area is 196 Å². The number of carbonyl (C=O) groups excluding carboxylic acids is 2. The number of thioether (sulfide) groups is 1. The van der Waals surface area contributed by atoms with E-state index < -0.39 is 0 Å². The first-order valence-corrected chi connectivity index (χ1v) is 12.1. The molecule has 0 atom stereocenters. The van der Waals surface area contributed by atoms with Crippen LogP contribution in [0.1, 0.15) is 24.2 Å². The Hall–Kier alpha value is -1.74. The Morgan fingerprint density at radius 2 is 1.97 bits per heavy atom. The zero-order chi connectivity index (χ0) is 22.2. The van der Waals surface area contributed by atoms with Crippen molar-refractivity contribution in [1.29, 1.82) is 0 Å². The lowest BCUT2D eigenvalue weighted by molar-refractivity contribution is -0.129. The average Bonchev–Trinajstić information content (AvgIpc) is 3.39. The molecule has 1 N–H and O–H groups in total. The highest BCUT2D eigenvalue weighted by Gasteiger charge is 2.18. The van der Waals surface area contributed by atoms with E-state index in [-0.39, 0.29) is 23.3 Å². The molecular formula is C21H26Cl2N4O3S. The molecule has 1 aromatic heterocycles. The maximum Gasteiger partial charge on any atom is 0.235 e. The molecule has 0 saturated carbocycles. The van der Waals surface area contributed by atoms with Crippen LogP contribution in [-0.2, 0) is 16.1 Å². The summed E-state index contributed by atoms with van der Waals surface area (Å²) in [6.07, 6.45) is 2.41. The first-order valence-electron chi connectivity index (χ1n) is 10.2. The van der Waals surface area contributed by atoms with E-state index in [2.05, 4.69) is 15.4 Å². The van der Waals surface area contributed by atoms with E-state index >= 15 is 0 Å². The van der Waals surface area contributed by atoms with Crippen molar-refractivity contribution in [1.82, 2.24) is 15.0 Å². The van der Waals surface area contributed by atoms with E-state index in [9.17, 15) is 9.59 Å². The summed E-state index contributed by atoms with van der Waals surface area (Å²) < 4.78 is 4.93. The third kappa shape index (κ3) is 7.71. The van der Waals surface area contributed by atoms with Gasteiger partial charge in [0.2, 0.25) is 11.8 Å². The molecule has 1 saturated heterocycles. The second-order valence-electron chi connectivity index (χ2n) is 7.48. The van der Waals surface area contributed by atoms with Crippen LogP contribution in [0.3, 0.4) is 0 Å². The maximum absolute atomic E-state index is 12.9. The highest BCUT2D eigenvalue weighted by atomic mass is 35.5. The molecule has 2 heterocycles. The number of aromatic nitrogens is 1. The summed E-state index contributed by atoms with van der Waals surface area (Å²) in [4.78, 5) is 29.2. The summed E-state index contributed by atoms with van der Waals surface area (Å²) in [6.45, 7) is 5.82. The summed E-state index contributed by atoms with van der Waals surface area (Å²) in [5.74, 6) is 1.13. The standard InChI is InChI=1S/C21H26Cl2N4O3S/c1-15-10-19(25-30-15)24-20(28)13-31-14-21(29)27(9-8-26-6-2-3-7-26)12-16-4-5-17(22)18(23)11-16/h4-5,10-11H,2-3,6-9,12-14H2,1H3,(H,24,25,28). The summed E-state index contributed by atoms with van der Waals surface area (Å²) in [5, 5.41) is 7.35. The molecule has 1 aromatic carbocycles. The zero-order valence-corrected chi connectivity index (χ0v) is 19.7. The van der Waals surface area contributed by atoms with Gasteiger partial charge in [0, 0.05) is 25.7 Å². The average molecular weight is 485 g/mol. The highest BCUT2D eigenvalue weighted by Crippen LogP contribution is 2.23. The van der Waals surface area contributed by atoms with Gasteiger partial charge in [0.1, 0.15) is 5.76 Å². The van der Waals surface area contributed by atoms with Crippen LogP contribution in [-0.4, -0.2) is 64.5 Å². The SMILES string of the molecule is Cc1cc(NC(=O)CSCC(=O)N(CCN2CCCC2)Cc2ccc(Cl)c(Cl)c2)no1. The Morgan fingerprint density at radius 1 is 1.19 bits per heavy atom. The molecule has 3 rings (SSSR count). The van der Waals surface area contributed by atoms with Gasteiger partial charge in [-0.15, -0.1) is 11.8 Å². The molecule has 7 nitrogen and oxygen atoms in total. The number of amides is 2. The Kier molecular flexibility index (Phi) is 9.07. The fraction of sp³-hybridized carbons (Fsp3) is 0.476. The van der Waals surface area contributed by atoms with Crippen LogP contribution >= 0.6 is 35.0 Å². The molecule has 10 heteroatoms. The van der Waals surface area contributed by atoms with Crippen LogP contribution in [0.25, 0.3) is 0 Å². The van der Waals surface area contributed by atoms with Gasteiger partial charge in [-0.05, 0) is 50.6 Å². The van der Waals surface area contributed by atoms with E-state index in [0.29, 0.717) is 34.7 Å². The Balaban J connectivity index is 1.52. The minimum atomic E-state index is -0.223. The van der Waals surface area contributed by atoms with Crippen LogP contribution in [0.15, 0.2) is 28.8 Å². The number of aryl methyl sites for hydroxylation is 1. The predicted molar refractivity (Wildman–Crippen MR) is 125 cm³/mol. The Morgan fingerprint density at radius 3 is 2.65 bits per heavy atom. The van der Waals surface area contributed by atoms with Gasteiger partial charge in [-0.2, -0.15) is 0 Å². The summed E-state index contributed by atoms with van der Waals surface area (Å²) in [6, 6.07) is 7.06. The van der Waals surface area contributed by atoms with Crippen molar-refractivity contribution in [3.8, 4) is 0 Å². The smallest absolute Gasteiger partial charge is 0.235 e. The van der Waals surface area contributed by atoms with Crippen molar-refractivity contribution in [3.05, 3.63) is 45.6 Å². The number of carbonyl (C=O) groups is 2. The molecular weight excluding hydrogens is 459 g/mol. The molecule has 168 valence electrons. The first kappa shape index (κ1) is 23.9. The number of nitrogens with zero attached hydrogens (tertiary/aromatic N) is 3. The topological polar surface area (TPSA) is 78.7 Å². The van der Waals surface area contributed by atoms with Gasteiger partial charge in [-0.25, -0.2) is 0 Å². The summed E-state index contributed by atoms with van der Waals surface area (Å²) in [5.41, 5.74) is 0.924. The summed E-state index contributed by atoms with van der Waals surface area (Å²) in [7, 11) is 0. The molecule has 1 aliphatic rings. The second kappa shape index (κ2) is 11.8. The van der Waals surface area contributed by atoms with Crippen LogP contribution < -0.4 is 5.32 Å². The minimum Gasteiger partial charge on any atom is -0.360 e. The number of likely N-dealkylation sites (tertiary alicyclic amines) is 1. The van der Waals surface area contributed by atoms with Gasteiger partial charge >= 0.3 is 0 Å². The predicted octanol–water partition coefficient (Wildman–Crippen LogP) is 4.09. The van der Waals surface area contributed by atoms with Gasteiger partial charge in [0.05, 0.1) is 21.6 Å². The first-order chi connectivity index (χ1) is 14.9. The lowest BCUT2D eigenvalue weighted by Crippen LogP contribution is -2.38. The number of benzene rings is 1. The van der Waals surface area contributed by atoms with Crippen molar-refractivity contribution >= 4 is 52.6 Å². The zero-order valence-electron chi connectivity index (χ0n) is 17.4. The number of anilines is 1. The molecule has 0 bridgehead atoms. The van der Waals surface area contributed by atoms with E-state index in [1.165, 1.54) is 24.6 Å². The molecule has 2 aromatic rings. The van der Waals surface area contributed by atoms with E-state index in [1.807, 2.05) is 11.0 Å². The second-order valence-corrected chi connectivity index (χ2v) is 9.28. The van der Waals surface area contributed by atoms with Crippen LogP contribution in [0.2, 0.25) is 10.0 Å². The molecule has 0 aliphatic carbocycles. The normalized spacial score (nSPS) is 14.0. The van der Waals surface area contributed by atoms with Crippen molar-refractivity contribution in [2.24, 2.45) is 0 Å². The quantitative estimate of drug-likeness (QED) is 0.547. The van der Waals surface area contributed by atoms with Crippen molar-refractivity contribution in [2.75, 3.05) is 43.0 Å². The summed E-state index contributed by atoms with van der Waals surface area (Å²) >= 11 is 13.4. The molecule has 0 spiro atoms. The number of rotatable bonds is 10. The molecule has 1 fully saturated rings. The fourth-order valence-electron chi connectivity index (χ4n) is 3.35. The Bertz CT molecular complexity index is 903. The highest BCUT2D eigenvalue weighted by molar-refractivity contribution is 8.00. The maximum atomic E-state index is 12.9. The third-order valence-electron chi connectivity index (χ3n) is 4.95. The fourth-order valence-corrected chi connectivity index (χ4v) is 4.38. The van der Waals surface area contributed by atoms with E-state index in [1.54, 1.807) is 25.1 Å². The molecule has 0 unspecified atom stereocenters.